The maximum Gasteiger partial charge on any atom is 0.265 e. The minimum atomic E-state index is -0.865. The van der Waals surface area contributed by atoms with Gasteiger partial charge in [0.2, 0.25) is 0 Å². The number of nitrogens with one attached hydrogen (secondary N) is 1. The first-order chi connectivity index (χ1) is 9.69. The Bertz CT molecular complexity index is 621. The molecule has 3 rings (SSSR count). The molecule has 0 spiro atoms. The molecule has 1 aliphatic heterocycles. The SMILES string of the molecule is CC[C@H]1Oc2ccc([C@H](O)c3ccco3)cc2NC1=O. The molecule has 0 saturated heterocycles. The van der Waals surface area contributed by atoms with Gasteiger partial charge in [-0.05, 0) is 36.2 Å². The maximum atomic E-state index is 11.8. The van der Waals surface area contributed by atoms with Crippen molar-refractivity contribution in [3.8, 4) is 5.75 Å². The highest BCUT2D eigenvalue weighted by Crippen LogP contribution is 2.34. The molecule has 5 nitrogen and oxygen atoms in total. The summed E-state index contributed by atoms with van der Waals surface area (Å²) in [7, 11) is 0. The Kier molecular flexibility index (Phi) is 3.20. The molecule has 5 heteroatoms. The van der Waals surface area contributed by atoms with Crippen LogP contribution in [0.1, 0.15) is 30.8 Å². The van der Waals surface area contributed by atoms with Gasteiger partial charge in [0.1, 0.15) is 17.6 Å². The molecule has 1 aromatic carbocycles. The van der Waals surface area contributed by atoms with E-state index in [-0.39, 0.29) is 5.91 Å². The van der Waals surface area contributed by atoms with E-state index in [1.807, 2.05) is 6.92 Å². The van der Waals surface area contributed by atoms with Crippen molar-refractivity contribution < 1.29 is 19.1 Å². The first-order valence-corrected chi connectivity index (χ1v) is 6.52. The highest BCUT2D eigenvalue weighted by atomic mass is 16.5. The molecule has 0 aliphatic carbocycles. The lowest BCUT2D eigenvalue weighted by molar-refractivity contribution is -0.123. The van der Waals surface area contributed by atoms with Gasteiger partial charge in [-0.2, -0.15) is 0 Å². The van der Waals surface area contributed by atoms with Crippen LogP contribution in [-0.2, 0) is 4.79 Å². The average Bonchev–Trinajstić information content (AvgIpc) is 2.99. The average molecular weight is 273 g/mol. The fourth-order valence-corrected chi connectivity index (χ4v) is 2.22. The summed E-state index contributed by atoms with van der Waals surface area (Å²) >= 11 is 0. The van der Waals surface area contributed by atoms with Crippen LogP contribution in [0.2, 0.25) is 0 Å². The van der Waals surface area contributed by atoms with E-state index in [1.54, 1.807) is 30.3 Å². The summed E-state index contributed by atoms with van der Waals surface area (Å²) in [4.78, 5) is 11.8. The molecule has 2 atom stereocenters. The van der Waals surface area contributed by atoms with Crippen LogP contribution >= 0.6 is 0 Å². The smallest absolute Gasteiger partial charge is 0.265 e. The van der Waals surface area contributed by atoms with Crippen LogP contribution in [0.3, 0.4) is 0 Å². The minimum Gasteiger partial charge on any atom is -0.478 e. The molecule has 2 heterocycles. The number of ether oxygens (including phenoxy) is 1. The van der Waals surface area contributed by atoms with E-state index in [1.165, 1.54) is 6.26 Å². The van der Waals surface area contributed by atoms with Gasteiger partial charge in [0.15, 0.2) is 6.10 Å². The maximum absolute atomic E-state index is 11.8. The highest BCUT2D eigenvalue weighted by molar-refractivity contribution is 5.97. The van der Waals surface area contributed by atoms with Crippen molar-refractivity contribution in [2.24, 2.45) is 0 Å². The first kappa shape index (κ1) is 12.7. The van der Waals surface area contributed by atoms with Crippen molar-refractivity contribution >= 4 is 11.6 Å². The van der Waals surface area contributed by atoms with E-state index in [9.17, 15) is 9.90 Å². The molecule has 104 valence electrons. The predicted octanol–water partition coefficient (Wildman–Crippen LogP) is 2.47. The van der Waals surface area contributed by atoms with Crippen molar-refractivity contribution in [1.82, 2.24) is 0 Å². The van der Waals surface area contributed by atoms with Crippen LogP contribution in [0.5, 0.6) is 5.75 Å². The van der Waals surface area contributed by atoms with Gasteiger partial charge < -0.3 is 19.6 Å². The van der Waals surface area contributed by atoms with Gasteiger partial charge in [-0.15, -0.1) is 0 Å². The fourth-order valence-electron chi connectivity index (χ4n) is 2.22. The summed E-state index contributed by atoms with van der Waals surface area (Å²) in [6, 6.07) is 8.63. The topological polar surface area (TPSA) is 71.7 Å². The van der Waals surface area contributed by atoms with Gasteiger partial charge in [0, 0.05) is 0 Å². The molecule has 0 unspecified atom stereocenters. The largest absolute Gasteiger partial charge is 0.478 e. The number of benzene rings is 1. The Labute approximate surface area is 116 Å². The summed E-state index contributed by atoms with van der Waals surface area (Å²) in [6.07, 6.45) is 0.801. The second-order valence-corrected chi connectivity index (χ2v) is 4.68. The van der Waals surface area contributed by atoms with Gasteiger partial charge >= 0.3 is 0 Å². The summed E-state index contributed by atoms with van der Waals surface area (Å²) < 4.78 is 10.8. The second kappa shape index (κ2) is 5.02. The molecule has 20 heavy (non-hydrogen) atoms. The fraction of sp³-hybridized carbons (Fsp3) is 0.267. The van der Waals surface area contributed by atoms with Gasteiger partial charge in [-0.3, -0.25) is 4.79 Å². The van der Waals surface area contributed by atoms with Gasteiger partial charge in [-0.1, -0.05) is 13.0 Å². The first-order valence-electron chi connectivity index (χ1n) is 6.52. The minimum absolute atomic E-state index is 0.162. The molecular weight excluding hydrogens is 258 g/mol. The number of fused-ring (bicyclic) bond motifs is 1. The Balaban J connectivity index is 1.90. The zero-order valence-electron chi connectivity index (χ0n) is 11.0. The normalized spacial score (nSPS) is 18.9. The third kappa shape index (κ3) is 2.16. The summed E-state index contributed by atoms with van der Waals surface area (Å²) in [5.41, 5.74) is 1.21. The number of carbonyl (C=O) groups is 1. The number of carbonyl (C=O) groups excluding carboxylic acids is 1. The standard InChI is InChI=1S/C15H15NO4/c1-2-11-15(18)16-10-8-9(5-6-12(10)20-11)14(17)13-4-3-7-19-13/h3-8,11,14,17H,2H2,1H3,(H,16,18)/t11-,14+/m1/s1. The van der Waals surface area contributed by atoms with Crippen LogP contribution < -0.4 is 10.1 Å². The van der Waals surface area contributed by atoms with Crippen LogP contribution in [0, 0.1) is 0 Å². The lowest BCUT2D eigenvalue weighted by atomic mass is 10.0. The van der Waals surface area contributed by atoms with Gasteiger partial charge in [0.25, 0.3) is 5.91 Å². The summed E-state index contributed by atoms with van der Waals surface area (Å²) in [5.74, 6) is 0.913. The number of anilines is 1. The zero-order valence-corrected chi connectivity index (χ0v) is 11.0. The second-order valence-electron chi connectivity index (χ2n) is 4.68. The van der Waals surface area contributed by atoms with E-state index in [2.05, 4.69) is 5.32 Å². The summed E-state index contributed by atoms with van der Waals surface area (Å²) in [6.45, 7) is 1.89. The lowest BCUT2D eigenvalue weighted by Crippen LogP contribution is -2.36. The van der Waals surface area contributed by atoms with Crippen LogP contribution in [-0.4, -0.2) is 17.1 Å². The molecule has 0 fully saturated rings. The number of aliphatic hydroxyl groups excluding tert-OH is 1. The molecule has 0 saturated carbocycles. The molecule has 0 radical (unpaired) electrons. The Morgan fingerprint density at radius 3 is 2.95 bits per heavy atom. The highest BCUT2D eigenvalue weighted by Gasteiger charge is 2.27. The van der Waals surface area contributed by atoms with Crippen molar-refractivity contribution in [3.63, 3.8) is 0 Å². The number of hydrogen-bond acceptors (Lipinski definition) is 4. The van der Waals surface area contributed by atoms with Crippen LogP contribution in [0.25, 0.3) is 0 Å². The molecule has 2 aromatic rings. The third-order valence-corrected chi connectivity index (χ3v) is 3.32. The van der Waals surface area contributed by atoms with E-state index >= 15 is 0 Å². The van der Waals surface area contributed by atoms with E-state index in [4.69, 9.17) is 9.15 Å². The molecule has 1 amide bonds. The lowest BCUT2D eigenvalue weighted by Gasteiger charge is -2.25. The molecule has 0 bridgehead atoms. The van der Waals surface area contributed by atoms with Gasteiger partial charge in [0.05, 0.1) is 12.0 Å². The van der Waals surface area contributed by atoms with E-state index in [0.29, 0.717) is 29.2 Å². The van der Waals surface area contributed by atoms with Gasteiger partial charge in [-0.25, -0.2) is 0 Å². The number of aliphatic hydroxyl groups is 1. The molecule has 1 aliphatic rings. The van der Waals surface area contributed by atoms with E-state index in [0.717, 1.165) is 0 Å². The number of hydrogen-bond donors (Lipinski definition) is 2. The monoisotopic (exact) mass is 273 g/mol. The van der Waals surface area contributed by atoms with E-state index < -0.39 is 12.2 Å². The van der Waals surface area contributed by atoms with Crippen LogP contribution in [0.15, 0.2) is 41.0 Å². The molecule has 1 aromatic heterocycles. The van der Waals surface area contributed by atoms with Crippen molar-refractivity contribution in [1.29, 1.82) is 0 Å². The molecular formula is C15H15NO4. The Morgan fingerprint density at radius 2 is 2.25 bits per heavy atom. The Hall–Kier alpha value is -2.27. The third-order valence-electron chi connectivity index (χ3n) is 3.32. The zero-order chi connectivity index (χ0) is 14.1. The van der Waals surface area contributed by atoms with Crippen molar-refractivity contribution in [2.75, 3.05) is 5.32 Å². The predicted molar refractivity (Wildman–Crippen MR) is 72.5 cm³/mol. The quantitative estimate of drug-likeness (QED) is 0.901. The Morgan fingerprint density at radius 1 is 1.40 bits per heavy atom. The summed E-state index contributed by atoms with van der Waals surface area (Å²) in [5, 5.41) is 13.0. The van der Waals surface area contributed by atoms with Crippen molar-refractivity contribution in [2.45, 2.75) is 25.6 Å². The van der Waals surface area contributed by atoms with Crippen molar-refractivity contribution in [3.05, 3.63) is 47.9 Å². The molecule has 2 N–H and O–H groups in total. The number of rotatable bonds is 3. The van der Waals surface area contributed by atoms with Crippen LogP contribution in [0.4, 0.5) is 5.69 Å². The number of amides is 1. The number of furan rings is 1.